The third-order valence-corrected chi connectivity index (χ3v) is 5.35. The molecule has 146 valence electrons. The molecule has 27 heavy (non-hydrogen) atoms. The highest BCUT2D eigenvalue weighted by Gasteiger charge is 2.19. The summed E-state index contributed by atoms with van der Waals surface area (Å²) in [5.74, 6) is 1.13. The molecule has 1 heterocycles. The molecule has 0 spiro atoms. The van der Waals surface area contributed by atoms with Gasteiger partial charge in [0.15, 0.2) is 0 Å². The minimum absolute atomic E-state index is 0.0762. The van der Waals surface area contributed by atoms with Crippen LogP contribution in [0, 0.1) is 5.82 Å². The maximum atomic E-state index is 13.4. The molecule has 0 aromatic heterocycles. The van der Waals surface area contributed by atoms with E-state index in [1.54, 1.807) is 0 Å². The Balaban J connectivity index is 1.71. The summed E-state index contributed by atoms with van der Waals surface area (Å²) in [4.78, 5) is 4.85. The summed E-state index contributed by atoms with van der Waals surface area (Å²) in [6.07, 6.45) is 0.814. The summed E-state index contributed by atoms with van der Waals surface area (Å²) in [5.41, 5.74) is 2.30. The fourth-order valence-corrected chi connectivity index (χ4v) is 3.45. The Hall–Kier alpha value is -1.91. The first-order chi connectivity index (χ1) is 13.0. The molecule has 3 rings (SSSR count). The van der Waals surface area contributed by atoms with Crippen molar-refractivity contribution in [2.75, 3.05) is 39.8 Å². The number of likely N-dealkylation sites (N-methyl/N-ethyl adjacent to an activating group) is 1. The van der Waals surface area contributed by atoms with Crippen LogP contribution in [0.15, 0.2) is 48.5 Å². The Kier molecular flexibility index (Phi) is 6.86. The van der Waals surface area contributed by atoms with E-state index in [0.717, 1.165) is 50.5 Å². The van der Waals surface area contributed by atoms with Gasteiger partial charge in [-0.2, -0.15) is 0 Å². The number of ether oxygens (including phenoxy) is 1. The topological polar surface area (TPSA) is 15.7 Å². The lowest BCUT2D eigenvalue weighted by Crippen LogP contribution is -2.45. The van der Waals surface area contributed by atoms with Gasteiger partial charge in [0, 0.05) is 39.1 Å². The van der Waals surface area contributed by atoms with E-state index in [-0.39, 0.29) is 11.9 Å². The van der Waals surface area contributed by atoms with Gasteiger partial charge in [0.2, 0.25) is 0 Å². The molecular weight excluding hydrogens is 339 g/mol. The van der Waals surface area contributed by atoms with Crippen LogP contribution < -0.4 is 4.74 Å². The number of benzene rings is 2. The molecule has 1 aliphatic rings. The van der Waals surface area contributed by atoms with Crippen LogP contribution in [0.25, 0.3) is 0 Å². The summed E-state index contributed by atoms with van der Waals surface area (Å²) in [6.45, 7) is 9.76. The van der Waals surface area contributed by atoms with Crippen LogP contribution in [0.4, 0.5) is 4.39 Å². The lowest BCUT2D eigenvalue weighted by molar-refractivity contribution is 0.123. The number of nitrogens with zero attached hydrogens (tertiary/aromatic N) is 2. The highest BCUT2D eigenvalue weighted by Crippen LogP contribution is 2.28. The van der Waals surface area contributed by atoms with Gasteiger partial charge in [-0.3, -0.25) is 0 Å². The van der Waals surface area contributed by atoms with Gasteiger partial charge >= 0.3 is 0 Å². The normalized spacial score (nSPS) is 17.2. The Bertz CT molecular complexity index is 709. The molecule has 0 aliphatic carbocycles. The summed E-state index contributed by atoms with van der Waals surface area (Å²) in [7, 11) is 2.17. The molecular formula is C23H31FN2O. The highest BCUT2D eigenvalue weighted by atomic mass is 19.1. The van der Waals surface area contributed by atoms with Crippen molar-refractivity contribution in [3.63, 3.8) is 0 Å². The standard InChI is InChI=1S/C23H31FN2O/c1-18(2)20-5-4-6-22(17-20)27-23(19-7-9-21(24)10-8-19)11-12-26-15-13-25(3)14-16-26/h4-10,17-18,23H,11-16H2,1-3H3. The molecule has 3 nitrogen and oxygen atoms in total. The van der Waals surface area contributed by atoms with E-state index in [1.807, 2.05) is 24.3 Å². The Labute approximate surface area is 162 Å². The molecule has 4 heteroatoms. The summed E-state index contributed by atoms with van der Waals surface area (Å²) in [5, 5.41) is 0. The van der Waals surface area contributed by atoms with Gasteiger partial charge in [0.25, 0.3) is 0 Å². The molecule has 1 atom stereocenters. The summed E-state index contributed by atoms with van der Waals surface area (Å²) >= 11 is 0. The van der Waals surface area contributed by atoms with E-state index in [0.29, 0.717) is 5.92 Å². The first-order valence-corrected chi connectivity index (χ1v) is 9.94. The van der Waals surface area contributed by atoms with Gasteiger partial charge in [0.1, 0.15) is 17.7 Å². The fourth-order valence-electron chi connectivity index (χ4n) is 3.45. The quantitative estimate of drug-likeness (QED) is 0.702. The second-order valence-corrected chi connectivity index (χ2v) is 7.82. The number of rotatable bonds is 7. The van der Waals surface area contributed by atoms with E-state index < -0.39 is 0 Å². The van der Waals surface area contributed by atoms with E-state index in [4.69, 9.17) is 4.74 Å². The Morgan fingerprint density at radius 2 is 1.67 bits per heavy atom. The van der Waals surface area contributed by atoms with E-state index in [9.17, 15) is 4.39 Å². The first kappa shape index (κ1) is 19.8. The number of hydrogen-bond acceptors (Lipinski definition) is 3. The number of hydrogen-bond donors (Lipinski definition) is 0. The molecule has 0 N–H and O–H groups in total. The lowest BCUT2D eigenvalue weighted by Gasteiger charge is -2.33. The van der Waals surface area contributed by atoms with Crippen molar-refractivity contribution in [1.29, 1.82) is 0 Å². The van der Waals surface area contributed by atoms with Crippen LogP contribution in [0.3, 0.4) is 0 Å². The minimum atomic E-state index is -0.210. The SMILES string of the molecule is CC(C)c1cccc(OC(CCN2CCN(C)CC2)c2ccc(F)cc2)c1. The van der Waals surface area contributed by atoms with E-state index in [1.165, 1.54) is 17.7 Å². The van der Waals surface area contributed by atoms with Crippen LogP contribution in [-0.2, 0) is 0 Å². The van der Waals surface area contributed by atoms with Crippen molar-refractivity contribution in [1.82, 2.24) is 9.80 Å². The summed E-state index contributed by atoms with van der Waals surface area (Å²) < 4.78 is 19.8. The zero-order chi connectivity index (χ0) is 19.2. The van der Waals surface area contributed by atoms with Gasteiger partial charge < -0.3 is 14.5 Å². The molecule has 2 aromatic rings. The van der Waals surface area contributed by atoms with Crippen LogP contribution in [0.5, 0.6) is 5.75 Å². The lowest BCUT2D eigenvalue weighted by atomic mass is 10.0. The maximum absolute atomic E-state index is 13.4. The number of piperazine rings is 1. The van der Waals surface area contributed by atoms with Gasteiger partial charge in [-0.1, -0.05) is 38.1 Å². The zero-order valence-corrected chi connectivity index (χ0v) is 16.7. The van der Waals surface area contributed by atoms with Crippen LogP contribution in [-0.4, -0.2) is 49.6 Å². The molecule has 1 unspecified atom stereocenters. The highest BCUT2D eigenvalue weighted by molar-refractivity contribution is 5.31. The van der Waals surface area contributed by atoms with Crippen molar-refractivity contribution >= 4 is 0 Å². The van der Waals surface area contributed by atoms with Crippen LogP contribution in [0.2, 0.25) is 0 Å². The minimum Gasteiger partial charge on any atom is -0.486 e. The van der Waals surface area contributed by atoms with Gasteiger partial charge in [-0.15, -0.1) is 0 Å². The molecule has 0 amide bonds. The zero-order valence-electron chi connectivity index (χ0n) is 16.7. The van der Waals surface area contributed by atoms with Crippen molar-refractivity contribution in [3.05, 3.63) is 65.5 Å². The molecule has 1 fully saturated rings. The monoisotopic (exact) mass is 370 g/mol. The number of halogens is 1. The Morgan fingerprint density at radius 1 is 0.963 bits per heavy atom. The second kappa shape index (κ2) is 9.34. The maximum Gasteiger partial charge on any atom is 0.125 e. The third-order valence-electron chi connectivity index (χ3n) is 5.35. The van der Waals surface area contributed by atoms with Gasteiger partial charge in [0.05, 0.1) is 0 Å². The predicted molar refractivity (Wildman–Crippen MR) is 109 cm³/mol. The largest absolute Gasteiger partial charge is 0.486 e. The smallest absolute Gasteiger partial charge is 0.125 e. The van der Waals surface area contributed by atoms with Gasteiger partial charge in [-0.05, 0) is 48.4 Å². The fraction of sp³-hybridized carbons (Fsp3) is 0.478. The molecule has 0 saturated carbocycles. The molecule has 2 aromatic carbocycles. The van der Waals surface area contributed by atoms with E-state index in [2.05, 4.69) is 42.8 Å². The molecule has 0 bridgehead atoms. The molecule has 0 radical (unpaired) electrons. The average Bonchev–Trinajstić information content (AvgIpc) is 2.67. The third kappa shape index (κ3) is 5.78. The Morgan fingerprint density at radius 3 is 2.33 bits per heavy atom. The van der Waals surface area contributed by atoms with Crippen LogP contribution in [0.1, 0.15) is 43.4 Å². The van der Waals surface area contributed by atoms with Gasteiger partial charge in [-0.25, -0.2) is 4.39 Å². The van der Waals surface area contributed by atoms with Crippen LogP contribution >= 0.6 is 0 Å². The first-order valence-electron chi connectivity index (χ1n) is 9.94. The predicted octanol–water partition coefficient (Wildman–Crippen LogP) is 4.71. The van der Waals surface area contributed by atoms with Crippen molar-refractivity contribution < 1.29 is 9.13 Å². The molecule has 1 saturated heterocycles. The summed E-state index contributed by atoms with van der Waals surface area (Å²) in [6, 6.07) is 15.0. The average molecular weight is 371 g/mol. The molecule has 1 aliphatic heterocycles. The van der Waals surface area contributed by atoms with Crippen molar-refractivity contribution in [3.8, 4) is 5.75 Å². The van der Waals surface area contributed by atoms with Crippen molar-refractivity contribution in [2.45, 2.75) is 32.3 Å². The van der Waals surface area contributed by atoms with E-state index >= 15 is 0 Å². The van der Waals surface area contributed by atoms with Crippen molar-refractivity contribution in [2.24, 2.45) is 0 Å². The second-order valence-electron chi connectivity index (χ2n) is 7.82.